The zero-order chi connectivity index (χ0) is 21.6. The van der Waals surface area contributed by atoms with Gasteiger partial charge in [0, 0.05) is 41.2 Å². The lowest BCUT2D eigenvalue weighted by Gasteiger charge is -2.28. The summed E-state index contributed by atoms with van der Waals surface area (Å²) in [6, 6.07) is 16.8. The summed E-state index contributed by atoms with van der Waals surface area (Å²) in [5, 5.41) is 6.73. The molecule has 2 heterocycles. The van der Waals surface area contributed by atoms with E-state index < -0.39 is 0 Å². The molecule has 2 aromatic carbocycles. The number of nitrogens with one attached hydrogen (secondary N) is 2. The van der Waals surface area contributed by atoms with Crippen LogP contribution in [0.2, 0.25) is 5.02 Å². The molecule has 2 N–H and O–H groups in total. The molecule has 1 amide bonds. The standard InChI is InChI=1S/C23H24ClN5O2/c1-16-14-21(29-10-12-31-13-11-29)28-23(25-16)27-19-8-6-18(7-9-19)26-22(30)15-17-4-2-3-5-20(17)24/h2-9,14H,10-13,15H2,1H3,(H,26,30)(H,25,27,28). The number of aryl methyl sites for hydroxylation is 1. The molecule has 4 rings (SSSR count). The number of carbonyl (C=O) groups is 1. The third-order valence-electron chi connectivity index (χ3n) is 4.91. The lowest BCUT2D eigenvalue weighted by Crippen LogP contribution is -2.36. The van der Waals surface area contributed by atoms with Gasteiger partial charge in [0.1, 0.15) is 5.82 Å². The Bertz CT molecular complexity index is 1050. The molecule has 1 aliphatic rings. The first-order chi connectivity index (χ1) is 15.1. The van der Waals surface area contributed by atoms with Crippen LogP contribution in [-0.4, -0.2) is 42.2 Å². The van der Waals surface area contributed by atoms with E-state index >= 15 is 0 Å². The van der Waals surface area contributed by atoms with E-state index in [-0.39, 0.29) is 12.3 Å². The van der Waals surface area contributed by atoms with Gasteiger partial charge < -0.3 is 20.3 Å². The van der Waals surface area contributed by atoms with Crippen LogP contribution in [0.4, 0.5) is 23.1 Å². The van der Waals surface area contributed by atoms with Gasteiger partial charge in [-0.05, 0) is 42.8 Å². The fraction of sp³-hybridized carbons (Fsp3) is 0.261. The van der Waals surface area contributed by atoms with Crippen LogP contribution in [0.1, 0.15) is 11.3 Å². The maximum Gasteiger partial charge on any atom is 0.229 e. The van der Waals surface area contributed by atoms with Gasteiger partial charge in [0.2, 0.25) is 11.9 Å². The first-order valence-electron chi connectivity index (χ1n) is 10.2. The predicted molar refractivity (Wildman–Crippen MR) is 123 cm³/mol. The quantitative estimate of drug-likeness (QED) is 0.601. The van der Waals surface area contributed by atoms with Crippen LogP contribution in [0.5, 0.6) is 0 Å². The molecule has 0 atom stereocenters. The molecular formula is C23H24ClN5O2. The van der Waals surface area contributed by atoms with Crippen LogP contribution in [0.15, 0.2) is 54.6 Å². The maximum absolute atomic E-state index is 12.3. The highest BCUT2D eigenvalue weighted by molar-refractivity contribution is 6.31. The molecule has 1 fully saturated rings. The Kier molecular flexibility index (Phi) is 6.64. The molecule has 3 aromatic rings. The summed E-state index contributed by atoms with van der Waals surface area (Å²) in [5.74, 6) is 1.31. The number of hydrogen-bond acceptors (Lipinski definition) is 6. The topological polar surface area (TPSA) is 79.4 Å². The number of aromatic nitrogens is 2. The van der Waals surface area contributed by atoms with Gasteiger partial charge in [-0.3, -0.25) is 4.79 Å². The van der Waals surface area contributed by atoms with Crippen molar-refractivity contribution >= 4 is 40.6 Å². The van der Waals surface area contributed by atoms with Gasteiger partial charge in [-0.1, -0.05) is 29.8 Å². The van der Waals surface area contributed by atoms with Gasteiger partial charge >= 0.3 is 0 Å². The minimum absolute atomic E-state index is 0.119. The molecule has 1 aliphatic heterocycles. The molecule has 0 spiro atoms. The second kappa shape index (κ2) is 9.76. The monoisotopic (exact) mass is 437 g/mol. The Balaban J connectivity index is 1.39. The Morgan fingerprint density at radius 2 is 1.77 bits per heavy atom. The van der Waals surface area contributed by atoms with Crippen molar-refractivity contribution in [1.29, 1.82) is 0 Å². The minimum Gasteiger partial charge on any atom is -0.378 e. The zero-order valence-electron chi connectivity index (χ0n) is 17.3. The van der Waals surface area contributed by atoms with Crippen molar-refractivity contribution in [2.45, 2.75) is 13.3 Å². The van der Waals surface area contributed by atoms with Crippen molar-refractivity contribution < 1.29 is 9.53 Å². The molecule has 1 saturated heterocycles. The van der Waals surface area contributed by atoms with E-state index in [9.17, 15) is 4.79 Å². The Morgan fingerprint density at radius 3 is 2.52 bits per heavy atom. The van der Waals surface area contributed by atoms with Gasteiger partial charge in [0.15, 0.2) is 0 Å². The predicted octanol–water partition coefficient (Wildman–Crippen LogP) is 4.20. The number of ether oxygens (including phenoxy) is 1. The Hall–Kier alpha value is -3.16. The first kappa shape index (κ1) is 21.1. The van der Waals surface area contributed by atoms with Crippen LogP contribution >= 0.6 is 11.6 Å². The van der Waals surface area contributed by atoms with Crippen molar-refractivity contribution in [3.05, 3.63) is 70.9 Å². The summed E-state index contributed by atoms with van der Waals surface area (Å²) in [6.45, 7) is 5.00. The van der Waals surface area contributed by atoms with E-state index in [1.165, 1.54) is 0 Å². The van der Waals surface area contributed by atoms with Crippen LogP contribution in [-0.2, 0) is 16.0 Å². The highest BCUT2D eigenvalue weighted by Crippen LogP contribution is 2.21. The third-order valence-corrected chi connectivity index (χ3v) is 5.28. The second-order valence-electron chi connectivity index (χ2n) is 7.31. The molecule has 1 aromatic heterocycles. The summed E-state index contributed by atoms with van der Waals surface area (Å²) in [6.07, 6.45) is 0.223. The molecule has 0 radical (unpaired) electrons. The van der Waals surface area contributed by atoms with Crippen LogP contribution in [0, 0.1) is 6.92 Å². The molecule has 160 valence electrons. The van der Waals surface area contributed by atoms with Gasteiger partial charge in [-0.2, -0.15) is 4.98 Å². The number of morpholine rings is 1. The van der Waals surface area contributed by atoms with Crippen LogP contribution in [0.3, 0.4) is 0 Å². The average Bonchev–Trinajstić information content (AvgIpc) is 2.77. The van der Waals surface area contributed by atoms with E-state index in [1.54, 1.807) is 6.07 Å². The summed E-state index contributed by atoms with van der Waals surface area (Å²) in [7, 11) is 0. The van der Waals surface area contributed by atoms with Crippen molar-refractivity contribution in [2.75, 3.05) is 41.8 Å². The summed E-state index contributed by atoms with van der Waals surface area (Å²) in [4.78, 5) is 23.6. The highest BCUT2D eigenvalue weighted by atomic mass is 35.5. The second-order valence-corrected chi connectivity index (χ2v) is 7.72. The molecule has 8 heteroatoms. The molecule has 0 aliphatic carbocycles. The first-order valence-corrected chi connectivity index (χ1v) is 10.5. The van der Waals surface area contributed by atoms with E-state index in [0.717, 1.165) is 35.9 Å². The number of hydrogen-bond donors (Lipinski definition) is 2. The Labute approximate surface area is 186 Å². The van der Waals surface area contributed by atoms with Gasteiger partial charge in [-0.25, -0.2) is 4.98 Å². The van der Waals surface area contributed by atoms with E-state index in [0.29, 0.717) is 29.9 Å². The van der Waals surface area contributed by atoms with E-state index in [2.05, 4.69) is 25.5 Å². The SMILES string of the molecule is Cc1cc(N2CCOCC2)nc(Nc2ccc(NC(=O)Cc3ccccc3Cl)cc2)n1. The fourth-order valence-corrected chi connectivity index (χ4v) is 3.55. The van der Waals surface area contributed by atoms with Gasteiger partial charge in [0.25, 0.3) is 0 Å². The highest BCUT2D eigenvalue weighted by Gasteiger charge is 2.14. The number of rotatable bonds is 6. The number of benzene rings is 2. The van der Waals surface area contributed by atoms with Crippen molar-refractivity contribution in [3.63, 3.8) is 0 Å². The smallest absolute Gasteiger partial charge is 0.229 e. The van der Waals surface area contributed by atoms with Crippen LogP contribution in [0.25, 0.3) is 0 Å². The van der Waals surface area contributed by atoms with E-state index in [1.807, 2.05) is 55.5 Å². The van der Waals surface area contributed by atoms with Gasteiger partial charge in [-0.15, -0.1) is 0 Å². The fourth-order valence-electron chi connectivity index (χ4n) is 3.35. The molecular weight excluding hydrogens is 414 g/mol. The van der Waals surface area contributed by atoms with E-state index in [4.69, 9.17) is 16.3 Å². The average molecular weight is 438 g/mol. The Morgan fingerprint density at radius 1 is 1.06 bits per heavy atom. The van der Waals surface area contributed by atoms with Crippen LogP contribution < -0.4 is 15.5 Å². The van der Waals surface area contributed by atoms with Crippen molar-refractivity contribution in [3.8, 4) is 0 Å². The largest absolute Gasteiger partial charge is 0.378 e. The lowest BCUT2D eigenvalue weighted by atomic mass is 10.1. The summed E-state index contributed by atoms with van der Waals surface area (Å²) < 4.78 is 5.42. The zero-order valence-corrected chi connectivity index (χ0v) is 18.0. The lowest BCUT2D eigenvalue weighted by molar-refractivity contribution is -0.115. The molecule has 0 unspecified atom stereocenters. The normalized spacial score (nSPS) is 13.7. The molecule has 0 bridgehead atoms. The number of halogens is 1. The van der Waals surface area contributed by atoms with Crippen molar-refractivity contribution in [2.24, 2.45) is 0 Å². The number of carbonyl (C=O) groups excluding carboxylic acids is 1. The maximum atomic E-state index is 12.3. The van der Waals surface area contributed by atoms with Crippen molar-refractivity contribution in [1.82, 2.24) is 9.97 Å². The third kappa shape index (κ3) is 5.71. The number of anilines is 4. The summed E-state index contributed by atoms with van der Waals surface area (Å²) in [5.41, 5.74) is 3.24. The molecule has 0 saturated carbocycles. The minimum atomic E-state index is -0.119. The number of amides is 1. The van der Waals surface area contributed by atoms with Gasteiger partial charge in [0.05, 0.1) is 19.6 Å². The molecule has 31 heavy (non-hydrogen) atoms. The molecule has 7 nitrogen and oxygen atoms in total. The summed E-state index contributed by atoms with van der Waals surface area (Å²) >= 11 is 6.13. The number of nitrogens with zero attached hydrogens (tertiary/aromatic N) is 3.